The number of rotatable bonds is 5. The first-order valence-electron chi connectivity index (χ1n) is 5.85. The Labute approximate surface area is 101 Å². The highest BCUT2D eigenvalue weighted by molar-refractivity contribution is 5.15. The van der Waals surface area contributed by atoms with Gasteiger partial charge in [-0.3, -0.25) is 9.36 Å². The van der Waals surface area contributed by atoms with E-state index < -0.39 is 0 Å². The Hall–Kier alpha value is -1.62. The van der Waals surface area contributed by atoms with Crippen LogP contribution in [-0.2, 0) is 20.1 Å². The summed E-state index contributed by atoms with van der Waals surface area (Å²) >= 11 is 0. The smallest absolute Gasteiger partial charge is 0.0560 e. The molecule has 1 N–H and O–H groups in total. The number of nitrogens with one attached hydrogen (secondary N) is 1. The summed E-state index contributed by atoms with van der Waals surface area (Å²) in [6.07, 6.45) is 5.70. The van der Waals surface area contributed by atoms with E-state index in [0.717, 1.165) is 13.1 Å². The van der Waals surface area contributed by atoms with Gasteiger partial charge in [0.15, 0.2) is 0 Å². The Kier molecular flexibility index (Phi) is 3.58. The molecule has 0 aliphatic rings. The third-order valence-corrected chi connectivity index (χ3v) is 3.00. The molecule has 0 radical (unpaired) electrons. The molecule has 0 bridgehead atoms. The first kappa shape index (κ1) is 11.9. The Morgan fingerprint density at radius 1 is 1.41 bits per heavy atom. The second-order valence-electron chi connectivity index (χ2n) is 4.39. The lowest BCUT2D eigenvalue weighted by molar-refractivity contribution is 0.450. The maximum Gasteiger partial charge on any atom is 0.0560 e. The zero-order valence-corrected chi connectivity index (χ0v) is 10.6. The molecule has 1 atom stereocenters. The van der Waals surface area contributed by atoms with E-state index in [-0.39, 0.29) is 0 Å². The molecule has 92 valence electrons. The van der Waals surface area contributed by atoms with Crippen molar-refractivity contribution in [2.24, 2.45) is 7.05 Å². The molecule has 0 aliphatic carbocycles. The Bertz CT molecular complexity index is 457. The fourth-order valence-electron chi connectivity index (χ4n) is 1.76. The van der Waals surface area contributed by atoms with Crippen LogP contribution < -0.4 is 5.32 Å². The average Bonchev–Trinajstić information content (AvgIpc) is 2.90. The van der Waals surface area contributed by atoms with Gasteiger partial charge in [-0.2, -0.15) is 10.2 Å². The molecule has 0 fully saturated rings. The van der Waals surface area contributed by atoms with E-state index in [1.807, 2.05) is 34.9 Å². The Balaban J connectivity index is 1.84. The summed E-state index contributed by atoms with van der Waals surface area (Å²) in [5, 5.41) is 11.9. The van der Waals surface area contributed by atoms with Gasteiger partial charge in [0.25, 0.3) is 0 Å². The summed E-state index contributed by atoms with van der Waals surface area (Å²) in [6.45, 7) is 5.98. The zero-order valence-electron chi connectivity index (χ0n) is 10.6. The minimum Gasteiger partial charge on any atom is -0.308 e. The van der Waals surface area contributed by atoms with E-state index in [1.54, 1.807) is 6.20 Å². The first-order chi connectivity index (χ1) is 8.16. The van der Waals surface area contributed by atoms with Crippen LogP contribution in [0, 0.1) is 6.92 Å². The molecule has 0 amide bonds. The number of hydrogen-bond acceptors (Lipinski definition) is 3. The molecule has 0 aliphatic heterocycles. The van der Waals surface area contributed by atoms with Crippen molar-refractivity contribution in [3.63, 3.8) is 0 Å². The Morgan fingerprint density at radius 2 is 2.24 bits per heavy atom. The lowest BCUT2D eigenvalue weighted by Crippen LogP contribution is -2.30. The summed E-state index contributed by atoms with van der Waals surface area (Å²) in [5.74, 6) is 0. The van der Waals surface area contributed by atoms with E-state index >= 15 is 0 Å². The molecule has 2 aromatic heterocycles. The summed E-state index contributed by atoms with van der Waals surface area (Å²) in [7, 11) is 1.96. The maximum absolute atomic E-state index is 4.23. The van der Waals surface area contributed by atoms with Gasteiger partial charge in [0, 0.05) is 43.3 Å². The van der Waals surface area contributed by atoms with Crippen LogP contribution in [0.15, 0.2) is 24.7 Å². The van der Waals surface area contributed by atoms with Crippen molar-refractivity contribution >= 4 is 0 Å². The van der Waals surface area contributed by atoms with Crippen molar-refractivity contribution in [1.29, 1.82) is 0 Å². The molecule has 2 aromatic rings. The largest absolute Gasteiger partial charge is 0.308 e. The van der Waals surface area contributed by atoms with Crippen molar-refractivity contribution < 1.29 is 0 Å². The molecule has 0 aromatic carbocycles. The van der Waals surface area contributed by atoms with Crippen LogP contribution in [0.3, 0.4) is 0 Å². The van der Waals surface area contributed by atoms with Gasteiger partial charge in [0.2, 0.25) is 0 Å². The summed E-state index contributed by atoms with van der Waals surface area (Å²) in [4.78, 5) is 0. The van der Waals surface area contributed by atoms with Crippen LogP contribution in [0.25, 0.3) is 0 Å². The van der Waals surface area contributed by atoms with E-state index in [4.69, 9.17) is 0 Å². The van der Waals surface area contributed by atoms with Crippen LogP contribution in [0.4, 0.5) is 0 Å². The van der Waals surface area contributed by atoms with Crippen LogP contribution in [0.1, 0.15) is 18.2 Å². The van der Waals surface area contributed by atoms with E-state index in [0.29, 0.717) is 6.04 Å². The number of aryl methyl sites for hydroxylation is 1. The molecule has 2 rings (SSSR count). The molecule has 0 saturated heterocycles. The van der Waals surface area contributed by atoms with Gasteiger partial charge in [-0.25, -0.2) is 0 Å². The second kappa shape index (κ2) is 5.14. The number of hydrogen-bond donors (Lipinski definition) is 1. The third-order valence-electron chi connectivity index (χ3n) is 3.00. The first-order valence-corrected chi connectivity index (χ1v) is 5.85. The quantitative estimate of drug-likeness (QED) is 0.841. The van der Waals surface area contributed by atoms with Crippen LogP contribution in [0.2, 0.25) is 0 Å². The zero-order chi connectivity index (χ0) is 12.3. The third kappa shape index (κ3) is 2.94. The highest BCUT2D eigenvalue weighted by Gasteiger charge is 2.06. The van der Waals surface area contributed by atoms with Crippen molar-refractivity contribution in [2.75, 3.05) is 0 Å². The van der Waals surface area contributed by atoms with E-state index in [1.165, 1.54) is 11.3 Å². The van der Waals surface area contributed by atoms with Gasteiger partial charge in [0.05, 0.1) is 12.7 Å². The number of aromatic nitrogens is 4. The van der Waals surface area contributed by atoms with Crippen molar-refractivity contribution in [2.45, 2.75) is 33.0 Å². The topological polar surface area (TPSA) is 47.7 Å². The minimum atomic E-state index is 0.384. The highest BCUT2D eigenvalue weighted by atomic mass is 15.3. The Morgan fingerprint density at radius 3 is 2.82 bits per heavy atom. The molecule has 2 heterocycles. The number of nitrogens with zero attached hydrogens (tertiary/aromatic N) is 4. The standard InChI is InChI=1S/C12H19N5/c1-10(9-17-6-4-5-14-17)13-7-12-8-15-16(3)11(12)2/h4-6,8,10,13H,7,9H2,1-3H3. The van der Waals surface area contributed by atoms with Crippen molar-refractivity contribution in [1.82, 2.24) is 24.9 Å². The minimum absolute atomic E-state index is 0.384. The van der Waals surface area contributed by atoms with Gasteiger partial charge in [-0.15, -0.1) is 0 Å². The van der Waals surface area contributed by atoms with E-state index in [9.17, 15) is 0 Å². The van der Waals surface area contributed by atoms with Crippen LogP contribution in [0.5, 0.6) is 0 Å². The molecule has 1 unspecified atom stereocenters. The summed E-state index contributed by atoms with van der Waals surface area (Å²) in [6, 6.07) is 2.33. The molecular weight excluding hydrogens is 214 g/mol. The predicted octanol–water partition coefficient (Wildman–Crippen LogP) is 1.10. The predicted molar refractivity (Wildman–Crippen MR) is 66.5 cm³/mol. The monoisotopic (exact) mass is 233 g/mol. The van der Waals surface area contributed by atoms with E-state index in [2.05, 4.69) is 29.4 Å². The molecule has 0 spiro atoms. The molecule has 0 saturated carbocycles. The van der Waals surface area contributed by atoms with Gasteiger partial charge in [0.1, 0.15) is 0 Å². The SMILES string of the molecule is Cc1c(CNC(C)Cn2cccn2)cnn1C. The lowest BCUT2D eigenvalue weighted by atomic mass is 10.2. The normalized spacial score (nSPS) is 12.9. The maximum atomic E-state index is 4.23. The lowest BCUT2D eigenvalue weighted by Gasteiger charge is -2.13. The van der Waals surface area contributed by atoms with Gasteiger partial charge >= 0.3 is 0 Å². The summed E-state index contributed by atoms with van der Waals surface area (Å²) in [5.41, 5.74) is 2.46. The second-order valence-corrected chi connectivity index (χ2v) is 4.39. The van der Waals surface area contributed by atoms with Gasteiger partial charge < -0.3 is 5.32 Å². The fourth-order valence-corrected chi connectivity index (χ4v) is 1.76. The van der Waals surface area contributed by atoms with Crippen molar-refractivity contribution in [3.05, 3.63) is 35.9 Å². The van der Waals surface area contributed by atoms with Crippen LogP contribution in [-0.4, -0.2) is 25.6 Å². The summed E-state index contributed by atoms with van der Waals surface area (Å²) < 4.78 is 3.84. The molecule has 5 heteroatoms. The van der Waals surface area contributed by atoms with Crippen molar-refractivity contribution in [3.8, 4) is 0 Å². The van der Waals surface area contributed by atoms with Crippen LogP contribution >= 0.6 is 0 Å². The highest BCUT2D eigenvalue weighted by Crippen LogP contribution is 2.05. The van der Waals surface area contributed by atoms with Gasteiger partial charge in [-0.1, -0.05) is 0 Å². The molecule has 5 nitrogen and oxygen atoms in total. The molecule has 17 heavy (non-hydrogen) atoms. The van der Waals surface area contributed by atoms with Gasteiger partial charge in [-0.05, 0) is 19.9 Å². The molecular formula is C12H19N5. The average molecular weight is 233 g/mol. The fraction of sp³-hybridized carbons (Fsp3) is 0.500.